The lowest BCUT2D eigenvalue weighted by Crippen LogP contribution is -2.05. The quantitative estimate of drug-likeness (QED) is 0.768. The fourth-order valence-corrected chi connectivity index (χ4v) is 1.71. The standard InChI is InChI=1S/C14H19NO2/c1-11(16)6-3-4-7-13-8-5-9-14(10-13)15-12(2)17/h5,8-10H,3-4,6-7H2,1-2H3,(H,15,17). The highest BCUT2D eigenvalue weighted by Gasteiger charge is 1.99. The molecule has 0 aliphatic heterocycles. The topological polar surface area (TPSA) is 46.2 Å². The molecule has 0 saturated carbocycles. The van der Waals surface area contributed by atoms with Gasteiger partial charge in [-0.2, -0.15) is 0 Å². The molecule has 0 heterocycles. The van der Waals surface area contributed by atoms with Gasteiger partial charge < -0.3 is 10.1 Å². The minimum absolute atomic E-state index is 0.0567. The van der Waals surface area contributed by atoms with Crippen LogP contribution in [0.15, 0.2) is 24.3 Å². The molecule has 0 spiro atoms. The summed E-state index contributed by atoms with van der Waals surface area (Å²) in [5.74, 6) is 0.190. The molecule has 1 N–H and O–H groups in total. The Balaban J connectivity index is 2.42. The Morgan fingerprint density at radius 2 is 1.94 bits per heavy atom. The number of carbonyl (C=O) groups excluding carboxylic acids is 2. The predicted molar refractivity (Wildman–Crippen MR) is 69.0 cm³/mol. The molecule has 1 amide bonds. The first kappa shape index (κ1) is 13.4. The fourth-order valence-electron chi connectivity index (χ4n) is 1.71. The predicted octanol–water partition coefficient (Wildman–Crippen LogP) is 2.95. The number of unbranched alkanes of at least 4 members (excludes halogenated alkanes) is 1. The van der Waals surface area contributed by atoms with E-state index in [0.717, 1.165) is 24.9 Å². The highest BCUT2D eigenvalue weighted by Crippen LogP contribution is 2.13. The Bertz CT molecular complexity index is 399. The minimum atomic E-state index is -0.0567. The average Bonchev–Trinajstić information content (AvgIpc) is 2.24. The van der Waals surface area contributed by atoms with E-state index in [1.807, 2.05) is 24.3 Å². The van der Waals surface area contributed by atoms with Crippen LogP contribution in [0.5, 0.6) is 0 Å². The molecule has 0 radical (unpaired) electrons. The second-order valence-corrected chi connectivity index (χ2v) is 4.29. The van der Waals surface area contributed by atoms with Crippen molar-refractivity contribution in [3.8, 4) is 0 Å². The van der Waals surface area contributed by atoms with Crippen molar-refractivity contribution in [3.05, 3.63) is 29.8 Å². The van der Waals surface area contributed by atoms with Crippen LogP contribution in [-0.4, -0.2) is 11.7 Å². The number of amides is 1. The minimum Gasteiger partial charge on any atom is -0.326 e. The highest BCUT2D eigenvalue weighted by molar-refractivity contribution is 5.88. The molecule has 3 heteroatoms. The van der Waals surface area contributed by atoms with E-state index in [1.165, 1.54) is 12.5 Å². The molecule has 1 aromatic carbocycles. The average molecular weight is 233 g/mol. The molecule has 1 aromatic rings. The van der Waals surface area contributed by atoms with Crippen molar-refractivity contribution in [1.82, 2.24) is 0 Å². The van der Waals surface area contributed by atoms with Crippen LogP contribution in [0.4, 0.5) is 5.69 Å². The van der Waals surface area contributed by atoms with E-state index in [0.29, 0.717) is 6.42 Å². The van der Waals surface area contributed by atoms with Gasteiger partial charge in [0.25, 0.3) is 0 Å². The molecule has 0 aromatic heterocycles. The van der Waals surface area contributed by atoms with Gasteiger partial charge in [0.15, 0.2) is 0 Å². The zero-order valence-corrected chi connectivity index (χ0v) is 10.5. The molecule has 0 fully saturated rings. The fraction of sp³-hybridized carbons (Fsp3) is 0.429. The number of anilines is 1. The van der Waals surface area contributed by atoms with Crippen LogP contribution < -0.4 is 5.32 Å². The molecule has 0 unspecified atom stereocenters. The lowest BCUT2D eigenvalue weighted by Gasteiger charge is -2.05. The van der Waals surface area contributed by atoms with Crippen LogP contribution in [-0.2, 0) is 16.0 Å². The maximum atomic E-state index is 10.9. The molecule has 0 saturated heterocycles. The number of benzene rings is 1. The maximum absolute atomic E-state index is 10.9. The van der Waals surface area contributed by atoms with Gasteiger partial charge in [0, 0.05) is 19.0 Å². The number of ketones is 1. The van der Waals surface area contributed by atoms with E-state index in [9.17, 15) is 9.59 Å². The summed E-state index contributed by atoms with van der Waals surface area (Å²) < 4.78 is 0. The molecule has 0 bridgehead atoms. The van der Waals surface area contributed by atoms with Crippen molar-refractivity contribution in [2.24, 2.45) is 0 Å². The number of carbonyl (C=O) groups is 2. The van der Waals surface area contributed by atoms with Gasteiger partial charge in [-0.05, 0) is 43.9 Å². The van der Waals surface area contributed by atoms with E-state index in [1.54, 1.807) is 6.92 Å². The Labute approximate surface area is 102 Å². The Morgan fingerprint density at radius 3 is 2.59 bits per heavy atom. The van der Waals surface area contributed by atoms with Crippen molar-refractivity contribution in [1.29, 1.82) is 0 Å². The van der Waals surface area contributed by atoms with Gasteiger partial charge in [0.05, 0.1) is 0 Å². The molecular formula is C14H19NO2. The number of Topliss-reactive ketones (excluding diaryl/α,β-unsaturated/α-hetero) is 1. The SMILES string of the molecule is CC(=O)CCCCc1cccc(NC(C)=O)c1. The molecule has 0 aliphatic carbocycles. The van der Waals surface area contributed by atoms with Gasteiger partial charge in [-0.25, -0.2) is 0 Å². The lowest BCUT2D eigenvalue weighted by atomic mass is 10.1. The summed E-state index contributed by atoms with van der Waals surface area (Å²) in [4.78, 5) is 21.7. The van der Waals surface area contributed by atoms with E-state index in [2.05, 4.69) is 5.32 Å². The second kappa shape index (κ2) is 6.84. The number of hydrogen-bond acceptors (Lipinski definition) is 2. The summed E-state index contributed by atoms with van der Waals surface area (Å²) in [6.45, 7) is 3.12. The Morgan fingerprint density at radius 1 is 1.18 bits per heavy atom. The van der Waals surface area contributed by atoms with Gasteiger partial charge in [0.2, 0.25) is 5.91 Å². The number of rotatable bonds is 6. The van der Waals surface area contributed by atoms with E-state index < -0.39 is 0 Å². The number of aryl methyl sites for hydroxylation is 1. The van der Waals surface area contributed by atoms with Crippen LogP contribution >= 0.6 is 0 Å². The summed E-state index contributed by atoms with van der Waals surface area (Å²) in [7, 11) is 0. The largest absolute Gasteiger partial charge is 0.326 e. The summed E-state index contributed by atoms with van der Waals surface area (Å²) in [5, 5.41) is 2.76. The molecular weight excluding hydrogens is 214 g/mol. The van der Waals surface area contributed by atoms with Crippen LogP contribution in [0.2, 0.25) is 0 Å². The Hall–Kier alpha value is -1.64. The summed E-state index contributed by atoms with van der Waals surface area (Å²) in [5.41, 5.74) is 2.03. The van der Waals surface area contributed by atoms with Gasteiger partial charge in [-0.3, -0.25) is 4.79 Å². The zero-order chi connectivity index (χ0) is 12.7. The van der Waals surface area contributed by atoms with Crippen LogP contribution in [0.1, 0.15) is 38.7 Å². The molecule has 92 valence electrons. The third-order valence-corrected chi connectivity index (χ3v) is 2.49. The third-order valence-electron chi connectivity index (χ3n) is 2.49. The molecule has 3 nitrogen and oxygen atoms in total. The normalized spacial score (nSPS) is 10.0. The first-order valence-corrected chi connectivity index (χ1v) is 5.94. The van der Waals surface area contributed by atoms with E-state index >= 15 is 0 Å². The van der Waals surface area contributed by atoms with Crippen LogP contribution in [0, 0.1) is 0 Å². The lowest BCUT2D eigenvalue weighted by molar-refractivity contribution is -0.117. The van der Waals surface area contributed by atoms with Gasteiger partial charge in [0.1, 0.15) is 5.78 Å². The van der Waals surface area contributed by atoms with Gasteiger partial charge in [-0.1, -0.05) is 12.1 Å². The van der Waals surface area contributed by atoms with Gasteiger partial charge >= 0.3 is 0 Å². The van der Waals surface area contributed by atoms with Crippen molar-refractivity contribution in [3.63, 3.8) is 0 Å². The smallest absolute Gasteiger partial charge is 0.221 e. The second-order valence-electron chi connectivity index (χ2n) is 4.29. The van der Waals surface area contributed by atoms with Crippen molar-refractivity contribution >= 4 is 17.4 Å². The van der Waals surface area contributed by atoms with Gasteiger partial charge in [-0.15, -0.1) is 0 Å². The van der Waals surface area contributed by atoms with Crippen molar-refractivity contribution in [2.45, 2.75) is 39.5 Å². The third kappa shape index (κ3) is 5.85. The Kier molecular flexibility index (Phi) is 5.40. The highest BCUT2D eigenvalue weighted by atomic mass is 16.1. The maximum Gasteiger partial charge on any atom is 0.221 e. The molecule has 0 aliphatic rings. The van der Waals surface area contributed by atoms with Crippen molar-refractivity contribution in [2.75, 3.05) is 5.32 Å². The molecule has 17 heavy (non-hydrogen) atoms. The van der Waals surface area contributed by atoms with Crippen LogP contribution in [0.25, 0.3) is 0 Å². The van der Waals surface area contributed by atoms with Crippen LogP contribution in [0.3, 0.4) is 0 Å². The van der Waals surface area contributed by atoms with E-state index in [-0.39, 0.29) is 11.7 Å². The van der Waals surface area contributed by atoms with Crippen molar-refractivity contribution < 1.29 is 9.59 Å². The molecule has 1 rings (SSSR count). The monoisotopic (exact) mass is 233 g/mol. The summed E-state index contributed by atoms with van der Waals surface area (Å²) >= 11 is 0. The summed E-state index contributed by atoms with van der Waals surface area (Å²) in [6.07, 6.45) is 3.54. The number of nitrogens with one attached hydrogen (secondary N) is 1. The van der Waals surface area contributed by atoms with E-state index in [4.69, 9.17) is 0 Å². The zero-order valence-electron chi connectivity index (χ0n) is 10.5. The first-order chi connectivity index (χ1) is 8.08. The molecule has 0 atom stereocenters. The summed E-state index contributed by atoms with van der Waals surface area (Å²) in [6, 6.07) is 7.83. The number of hydrogen-bond donors (Lipinski definition) is 1. The first-order valence-electron chi connectivity index (χ1n) is 5.94.